The molecule has 0 unspecified atom stereocenters. The molecular weight excluding hydrogens is 323 g/mol. The van der Waals surface area contributed by atoms with Gasteiger partial charge in [0.2, 0.25) is 5.91 Å². The summed E-state index contributed by atoms with van der Waals surface area (Å²) in [6.07, 6.45) is 0. The Kier molecular flexibility index (Phi) is 5.75. The third kappa shape index (κ3) is 4.79. The van der Waals surface area contributed by atoms with Gasteiger partial charge in [-0.25, -0.2) is 4.39 Å². The van der Waals surface area contributed by atoms with Gasteiger partial charge in [-0.1, -0.05) is 24.3 Å². The number of nitrogens with one attached hydrogen (secondary N) is 2. The lowest BCUT2D eigenvalue weighted by molar-refractivity contribution is -0.121. The summed E-state index contributed by atoms with van der Waals surface area (Å²) in [5, 5.41) is 5.34. The smallest absolute Gasteiger partial charge is 0.251 e. The minimum absolute atomic E-state index is 0.164. The van der Waals surface area contributed by atoms with Crippen LogP contribution in [0.5, 0.6) is 5.75 Å². The Balaban J connectivity index is 1.98. The average Bonchev–Trinajstić information content (AvgIpc) is 2.59. The van der Waals surface area contributed by atoms with Crippen LogP contribution in [0, 0.1) is 5.82 Å². The number of hydrogen-bond acceptors (Lipinski definition) is 3. The van der Waals surface area contributed by atoms with Crippen LogP contribution in [0.25, 0.3) is 0 Å². The van der Waals surface area contributed by atoms with E-state index in [-0.39, 0.29) is 18.0 Å². The first-order valence-electron chi connectivity index (χ1n) is 7.82. The van der Waals surface area contributed by atoms with Gasteiger partial charge in [0.15, 0.2) is 0 Å². The molecule has 2 rings (SSSR count). The third-order valence-corrected chi connectivity index (χ3v) is 3.73. The number of hydrogen-bond donors (Lipinski definition) is 2. The Labute approximate surface area is 146 Å². The zero-order valence-electron chi connectivity index (χ0n) is 14.4. The van der Waals surface area contributed by atoms with Gasteiger partial charge in [0.1, 0.15) is 11.6 Å². The van der Waals surface area contributed by atoms with E-state index in [0.717, 1.165) is 11.6 Å². The largest absolute Gasteiger partial charge is 0.496 e. The lowest BCUT2D eigenvalue weighted by Crippen LogP contribution is -2.46. The molecule has 2 aromatic carbocycles. The van der Waals surface area contributed by atoms with Crippen molar-refractivity contribution in [2.75, 3.05) is 13.7 Å². The standard InChI is InChI=1S/C19H21FN2O3/c1-19(2,15-9-4-5-10-16(15)25-3)22-17(23)12-21-18(24)13-7-6-8-14(20)11-13/h4-11H,12H2,1-3H3,(H,21,24)(H,22,23). The number of halogens is 1. The molecule has 0 saturated carbocycles. The Morgan fingerprint density at radius 1 is 1.12 bits per heavy atom. The molecule has 0 aliphatic rings. The molecule has 0 fully saturated rings. The zero-order chi connectivity index (χ0) is 18.4. The highest BCUT2D eigenvalue weighted by molar-refractivity contribution is 5.96. The van der Waals surface area contributed by atoms with E-state index in [1.807, 2.05) is 38.1 Å². The van der Waals surface area contributed by atoms with Crippen molar-refractivity contribution in [1.29, 1.82) is 0 Å². The molecule has 2 aromatic rings. The van der Waals surface area contributed by atoms with Gasteiger partial charge >= 0.3 is 0 Å². The highest BCUT2D eigenvalue weighted by Gasteiger charge is 2.26. The Morgan fingerprint density at radius 3 is 2.52 bits per heavy atom. The lowest BCUT2D eigenvalue weighted by Gasteiger charge is -2.28. The fraction of sp³-hybridized carbons (Fsp3) is 0.263. The van der Waals surface area contributed by atoms with Crippen molar-refractivity contribution in [3.8, 4) is 5.75 Å². The summed E-state index contributed by atoms with van der Waals surface area (Å²) in [5.74, 6) is -0.712. The lowest BCUT2D eigenvalue weighted by atomic mass is 9.93. The topological polar surface area (TPSA) is 67.4 Å². The Morgan fingerprint density at radius 2 is 1.84 bits per heavy atom. The molecule has 6 heteroatoms. The summed E-state index contributed by atoms with van der Waals surface area (Å²) in [4.78, 5) is 24.2. The van der Waals surface area contributed by atoms with E-state index in [2.05, 4.69) is 10.6 Å². The van der Waals surface area contributed by atoms with E-state index >= 15 is 0 Å². The summed E-state index contributed by atoms with van der Waals surface area (Å²) < 4.78 is 18.5. The van der Waals surface area contributed by atoms with Crippen LogP contribution < -0.4 is 15.4 Å². The van der Waals surface area contributed by atoms with Crippen molar-refractivity contribution >= 4 is 11.8 Å². The van der Waals surface area contributed by atoms with Crippen molar-refractivity contribution in [2.24, 2.45) is 0 Å². The number of para-hydroxylation sites is 1. The summed E-state index contributed by atoms with van der Waals surface area (Å²) in [6, 6.07) is 12.7. The summed E-state index contributed by atoms with van der Waals surface area (Å²) in [6.45, 7) is 3.47. The molecule has 0 atom stereocenters. The number of ether oxygens (including phenoxy) is 1. The van der Waals surface area contributed by atoms with Gasteiger partial charge < -0.3 is 15.4 Å². The van der Waals surface area contributed by atoms with Gasteiger partial charge in [-0.05, 0) is 38.1 Å². The van der Waals surface area contributed by atoms with E-state index in [4.69, 9.17) is 4.74 Å². The minimum Gasteiger partial charge on any atom is -0.496 e. The van der Waals surface area contributed by atoms with Gasteiger partial charge in [0, 0.05) is 11.1 Å². The third-order valence-electron chi connectivity index (χ3n) is 3.73. The molecule has 0 heterocycles. The quantitative estimate of drug-likeness (QED) is 0.846. The normalized spacial score (nSPS) is 10.9. The van der Waals surface area contributed by atoms with Crippen molar-refractivity contribution < 1.29 is 18.7 Å². The number of carbonyl (C=O) groups excluding carboxylic acids is 2. The predicted octanol–water partition coefficient (Wildman–Crippen LogP) is 2.62. The first kappa shape index (κ1) is 18.4. The first-order valence-corrected chi connectivity index (χ1v) is 7.82. The fourth-order valence-electron chi connectivity index (χ4n) is 2.51. The number of benzene rings is 2. The van der Waals surface area contributed by atoms with Crippen LogP contribution in [0.1, 0.15) is 29.8 Å². The second kappa shape index (κ2) is 7.79. The van der Waals surface area contributed by atoms with Gasteiger partial charge in [0.05, 0.1) is 19.2 Å². The molecule has 0 radical (unpaired) electrons. The SMILES string of the molecule is COc1ccccc1C(C)(C)NC(=O)CNC(=O)c1cccc(F)c1. The predicted molar refractivity (Wildman–Crippen MR) is 92.9 cm³/mol. The van der Waals surface area contributed by atoms with Crippen molar-refractivity contribution in [1.82, 2.24) is 10.6 Å². The van der Waals surface area contributed by atoms with Gasteiger partial charge in [-0.3, -0.25) is 9.59 Å². The molecule has 0 aromatic heterocycles. The number of rotatable bonds is 6. The molecule has 0 saturated heterocycles. The van der Waals surface area contributed by atoms with Crippen LogP contribution in [0.4, 0.5) is 4.39 Å². The highest BCUT2D eigenvalue weighted by atomic mass is 19.1. The summed E-state index contributed by atoms with van der Waals surface area (Å²) >= 11 is 0. The molecule has 0 spiro atoms. The average molecular weight is 344 g/mol. The second-order valence-corrected chi connectivity index (χ2v) is 6.07. The first-order chi connectivity index (χ1) is 11.8. The van der Waals surface area contributed by atoms with Crippen LogP contribution in [0.3, 0.4) is 0 Å². The molecular formula is C19H21FN2O3. The summed E-state index contributed by atoms with van der Waals surface area (Å²) in [7, 11) is 1.57. The number of amides is 2. The van der Waals surface area contributed by atoms with Crippen LogP contribution in [0.15, 0.2) is 48.5 Å². The van der Waals surface area contributed by atoms with Crippen LogP contribution in [0.2, 0.25) is 0 Å². The van der Waals surface area contributed by atoms with E-state index < -0.39 is 17.3 Å². The molecule has 2 N–H and O–H groups in total. The van der Waals surface area contributed by atoms with Crippen LogP contribution >= 0.6 is 0 Å². The zero-order valence-corrected chi connectivity index (χ0v) is 14.4. The highest BCUT2D eigenvalue weighted by Crippen LogP contribution is 2.29. The molecule has 2 amide bonds. The Bertz CT molecular complexity index is 775. The van der Waals surface area contributed by atoms with Gasteiger partial charge in [0.25, 0.3) is 5.91 Å². The summed E-state index contributed by atoms with van der Waals surface area (Å²) in [5.41, 5.74) is 0.298. The molecule has 0 bridgehead atoms. The van der Waals surface area contributed by atoms with Crippen molar-refractivity contribution in [3.63, 3.8) is 0 Å². The van der Waals surface area contributed by atoms with E-state index in [1.165, 1.54) is 18.2 Å². The number of methoxy groups -OCH3 is 1. The van der Waals surface area contributed by atoms with Gasteiger partial charge in [-0.15, -0.1) is 0 Å². The molecule has 0 aliphatic heterocycles. The molecule has 5 nitrogen and oxygen atoms in total. The van der Waals surface area contributed by atoms with Gasteiger partial charge in [-0.2, -0.15) is 0 Å². The molecule has 25 heavy (non-hydrogen) atoms. The van der Waals surface area contributed by atoms with Crippen LogP contribution in [-0.4, -0.2) is 25.5 Å². The Hall–Kier alpha value is -2.89. The molecule has 132 valence electrons. The monoisotopic (exact) mass is 344 g/mol. The van der Waals surface area contributed by atoms with Crippen molar-refractivity contribution in [3.05, 3.63) is 65.5 Å². The van der Waals surface area contributed by atoms with Crippen molar-refractivity contribution in [2.45, 2.75) is 19.4 Å². The van der Waals surface area contributed by atoms with Crippen LogP contribution in [-0.2, 0) is 10.3 Å². The maximum atomic E-state index is 13.1. The van der Waals surface area contributed by atoms with E-state index in [9.17, 15) is 14.0 Å². The maximum absolute atomic E-state index is 13.1. The number of carbonyl (C=O) groups is 2. The second-order valence-electron chi connectivity index (χ2n) is 6.07. The minimum atomic E-state index is -0.687. The molecule has 0 aliphatic carbocycles. The van der Waals surface area contributed by atoms with E-state index in [1.54, 1.807) is 7.11 Å². The maximum Gasteiger partial charge on any atom is 0.251 e. The fourth-order valence-corrected chi connectivity index (χ4v) is 2.51. The van der Waals surface area contributed by atoms with E-state index in [0.29, 0.717) is 5.75 Å².